The summed E-state index contributed by atoms with van der Waals surface area (Å²) in [4.78, 5) is 0. The molecular formula is C25H48. The molecule has 0 bridgehead atoms. The van der Waals surface area contributed by atoms with Gasteiger partial charge in [-0.15, -0.1) is 0 Å². The van der Waals surface area contributed by atoms with Gasteiger partial charge in [-0.05, 0) is 60.7 Å². The predicted octanol–water partition coefficient (Wildman–Crippen LogP) is 8.50. The van der Waals surface area contributed by atoms with Gasteiger partial charge in [-0.1, -0.05) is 98.8 Å². The molecule has 0 radical (unpaired) electrons. The summed E-state index contributed by atoms with van der Waals surface area (Å²) in [7, 11) is 0. The lowest BCUT2D eigenvalue weighted by Crippen LogP contribution is -2.32. The molecule has 0 saturated heterocycles. The van der Waals surface area contributed by atoms with Crippen LogP contribution in [0.5, 0.6) is 0 Å². The van der Waals surface area contributed by atoms with E-state index in [2.05, 4.69) is 34.6 Å². The first-order valence-corrected chi connectivity index (χ1v) is 12.1. The van der Waals surface area contributed by atoms with Crippen molar-refractivity contribution in [2.45, 2.75) is 118 Å². The maximum absolute atomic E-state index is 2.64. The third kappa shape index (κ3) is 5.74. The Morgan fingerprint density at radius 2 is 1.44 bits per heavy atom. The molecule has 0 aromatic heterocycles. The minimum atomic E-state index is 0.951. The largest absolute Gasteiger partial charge is 0.0654 e. The molecule has 0 nitrogen and oxygen atoms in total. The molecular weight excluding hydrogens is 300 g/mol. The van der Waals surface area contributed by atoms with Crippen LogP contribution in [0.1, 0.15) is 118 Å². The maximum atomic E-state index is 2.64. The monoisotopic (exact) mass is 348 g/mol. The summed E-state index contributed by atoms with van der Waals surface area (Å²) < 4.78 is 0. The van der Waals surface area contributed by atoms with Crippen molar-refractivity contribution in [3.05, 3.63) is 0 Å². The molecule has 148 valence electrons. The Hall–Kier alpha value is 0. The third-order valence-corrected chi connectivity index (χ3v) is 8.31. The van der Waals surface area contributed by atoms with Crippen LogP contribution in [-0.2, 0) is 0 Å². The normalized spacial score (nSPS) is 39.2. The van der Waals surface area contributed by atoms with Crippen LogP contribution in [0, 0.1) is 41.4 Å². The lowest BCUT2D eigenvalue weighted by Gasteiger charge is -2.39. The van der Waals surface area contributed by atoms with E-state index in [-0.39, 0.29) is 0 Å². The molecule has 0 aromatic carbocycles. The van der Waals surface area contributed by atoms with Crippen molar-refractivity contribution in [3.8, 4) is 0 Å². The van der Waals surface area contributed by atoms with E-state index in [1.807, 2.05) is 0 Å². The standard InChI is InChI=1S/C25H48/c1-6-13-19(3)22-17-18-24(21(22)5)25-16-12-10-8-9-11-15-20(4)23(25)14-7-2/h19-25H,6-18H2,1-5H3. The zero-order chi connectivity index (χ0) is 18.2. The number of hydrogen-bond donors (Lipinski definition) is 0. The van der Waals surface area contributed by atoms with E-state index in [1.54, 1.807) is 6.42 Å². The van der Waals surface area contributed by atoms with Crippen LogP contribution in [0.25, 0.3) is 0 Å². The van der Waals surface area contributed by atoms with Crippen molar-refractivity contribution in [2.24, 2.45) is 41.4 Å². The Balaban J connectivity index is 2.12. The fourth-order valence-electron chi connectivity index (χ4n) is 6.89. The molecule has 2 saturated carbocycles. The lowest BCUT2D eigenvalue weighted by molar-refractivity contribution is 0.0988. The van der Waals surface area contributed by atoms with Crippen molar-refractivity contribution in [3.63, 3.8) is 0 Å². The van der Waals surface area contributed by atoms with E-state index in [9.17, 15) is 0 Å². The van der Waals surface area contributed by atoms with Gasteiger partial charge in [-0.2, -0.15) is 0 Å². The fourth-order valence-corrected chi connectivity index (χ4v) is 6.89. The van der Waals surface area contributed by atoms with Crippen LogP contribution in [0.2, 0.25) is 0 Å². The summed E-state index contributed by atoms with van der Waals surface area (Å²) in [6.45, 7) is 12.6. The highest BCUT2D eigenvalue weighted by atomic mass is 14.5. The lowest BCUT2D eigenvalue weighted by atomic mass is 9.66. The van der Waals surface area contributed by atoms with E-state index >= 15 is 0 Å². The van der Waals surface area contributed by atoms with Gasteiger partial charge in [0.2, 0.25) is 0 Å². The second-order valence-electron chi connectivity index (χ2n) is 9.97. The van der Waals surface area contributed by atoms with Crippen LogP contribution >= 0.6 is 0 Å². The summed E-state index contributed by atoms with van der Waals surface area (Å²) in [5.41, 5.74) is 0. The molecule has 0 N–H and O–H groups in total. The predicted molar refractivity (Wildman–Crippen MR) is 113 cm³/mol. The van der Waals surface area contributed by atoms with Gasteiger partial charge in [0.15, 0.2) is 0 Å². The number of rotatable bonds is 6. The zero-order valence-electron chi connectivity index (χ0n) is 18.2. The van der Waals surface area contributed by atoms with Gasteiger partial charge < -0.3 is 0 Å². The Labute approximate surface area is 159 Å². The highest BCUT2D eigenvalue weighted by Crippen LogP contribution is 2.50. The first kappa shape index (κ1) is 21.3. The van der Waals surface area contributed by atoms with Crippen molar-refractivity contribution >= 4 is 0 Å². The molecule has 7 unspecified atom stereocenters. The van der Waals surface area contributed by atoms with Crippen LogP contribution < -0.4 is 0 Å². The van der Waals surface area contributed by atoms with E-state index < -0.39 is 0 Å². The Morgan fingerprint density at radius 3 is 2.12 bits per heavy atom. The van der Waals surface area contributed by atoms with Gasteiger partial charge >= 0.3 is 0 Å². The van der Waals surface area contributed by atoms with Crippen LogP contribution in [-0.4, -0.2) is 0 Å². The van der Waals surface area contributed by atoms with Crippen molar-refractivity contribution in [1.29, 1.82) is 0 Å². The SMILES string of the molecule is CCCC(C)C1CCC(C2CCCCCCCC(C)C2CCC)C1C. The summed E-state index contributed by atoms with van der Waals surface area (Å²) in [5.74, 6) is 6.97. The molecule has 2 aliphatic rings. The average molecular weight is 349 g/mol. The third-order valence-electron chi connectivity index (χ3n) is 8.31. The second-order valence-corrected chi connectivity index (χ2v) is 9.97. The Morgan fingerprint density at radius 1 is 0.760 bits per heavy atom. The van der Waals surface area contributed by atoms with E-state index in [0.29, 0.717) is 0 Å². The summed E-state index contributed by atoms with van der Waals surface area (Å²) >= 11 is 0. The van der Waals surface area contributed by atoms with Crippen LogP contribution in [0.3, 0.4) is 0 Å². The van der Waals surface area contributed by atoms with E-state index in [1.165, 1.54) is 77.0 Å². The molecule has 0 aromatic rings. The van der Waals surface area contributed by atoms with E-state index in [4.69, 9.17) is 0 Å². The quantitative estimate of drug-likeness (QED) is 0.451. The second kappa shape index (κ2) is 11.0. The molecule has 0 aliphatic heterocycles. The summed E-state index contributed by atoms with van der Waals surface area (Å²) in [6, 6.07) is 0. The summed E-state index contributed by atoms with van der Waals surface area (Å²) in [5, 5.41) is 0. The molecule has 2 rings (SSSR count). The molecule has 0 heteroatoms. The molecule has 0 spiro atoms. The molecule has 25 heavy (non-hydrogen) atoms. The Bertz CT molecular complexity index is 346. The average Bonchev–Trinajstić information content (AvgIpc) is 2.97. The van der Waals surface area contributed by atoms with Gasteiger partial charge in [-0.3, -0.25) is 0 Å². The minimum absolute atomic E-state index is 0.951. The highest BCUT2D eigenvalue weighted by molar-refractivity contribution is 4.91. The first-order chi connectivity index (χ1) is 12.1. The van der Waals surface area contributed by atoms with Crippen molar-refractivity contribution < 1.29 is 0 Å². The van der Waals surface area contributed by atoms with Gasteiger partial charge in [0.1, 0.15) is 0 Å². The smallest absolute Gasteiger partial charge is 0.0352 e. The Kier molecular flexibility index (Phi) is 9.36. The molecule has 0 amide bonds. The summed E-state index contributed by atoms with van der Waals surface area (Å²) in [6.07, 6.45) is 19.3. The highest BCUT2D eigenvalue weighted by Gasteiger charge is 2.42. The molecule has 2 aliphatic carbocycles. The van der Waals surface area contributed by atoms with Gasteiger partial charge in [0.25, 0.3) is 0 Å². The molecule has 7 atom stereocenters. The molecule has 2 fully saturated rings. The van der Waals surface area contributed by atoms with Crippen LogP contribution in [0.4, 0.5) is 0 Å². The topological polar surface area (TPSA) is 0 Å². The molecule has 0 heterocycles. The van der Waals surface area contributed by atoms with Gasteiger partial charge in [0, 0.05) is 0 Å². The maximum Gasteiger partial charge on any atom is -0.0352 e. The van der Waals surface area contributed by atoms with Crippen molar-refractivity contribution in [1.82, 2.24) is 0 Å². The van der Waals surface area contributed by atoms with Gasteiger partial charge in [0.05, 0.1) is 0 Å². The minimum Gasteiger partial charge on any atom is -0.0654 e. The zero-order valence-corrected chi connectivity index (χ0v) is 18.2. The first-order valence-electron chi connectivity index (χ1n) is 12.1. The van der Waals surface area contributed by atoms with E-state index in [0.717, 1.165) is 41.4 Å². The van der Waals surface area contributed by atoms with Crippen molar-refractivity contribution in [2.75, 3.05) is 0 Å². The number of hydrogen-bond acceptors (Lipinski definition) is 0. The fraction of sp³-hybridized carbons (Fsp3) is 1.00. The van der Waals surface area contributed by atoms with Crippen LogP contribution in [0.15, 0.2) is 0 Å². The van der Waals surface area contributed by atoms with Gasteiger partial charge in [-0.25, -0.2) is 0 Å².